The van der Waals surface area contributed by atoms with E-state index in [4.69, 9.17) is 23.2 Å². The van der Waals surface area contributed by atoms with Crippen molar-refractivity contribution >= 4 is 55.0 Å². The molecule has 0 saturated heterocycles. The van der Waals surface area contributed by atoms with Gasteiger partial charge < -0.3 is 0 Å². The molecule has 0 spiro atoms. The van der Waals surface area contributed by atoms with Crippen molar-refractivity contribution in [1.82, 2.24) is 9.78 Å². The maximum Gasteiger partial charge on any atom is 0.233 e. The molecule has 2 aromatic rings. The largest absolute Gasteiger partial charge is 0.265 e. The number of hydrogen-bond acceptors (Lipinski definition) is 3. The zero-order chi connectivity index (χ0) is 15.6. The first kappa shape index (κ1) is 16.6. The van der Waals surface area contributed by atoms with Gasteiger partial charge in [0.1, 0.15) is 0 Å². The van der Waals surface area contributed by atoms with Crippen LogP contribution in [-0.2, 0) is 16.6 Å². The van der Waals surface area contributed by atoms with E-state index in [2.05, 4.69) is 25.8 Å². The normalized spacial score (nSPS) is 11.6. The number of sulfonamides is 1. The molecular formula is C12H12BrCl2N3O2S. The fraction of sp³-hybridized carbons (Fsp3) is 0.250. The van der Waals surface area contributed by atoms with Gasteiger partial charge in [-0.2, -0.15) is 5.10 Å². The summed E-state index contributed by atoms with van der Waals surface area (Å²) in [4.78, 5) is 0. The Morgan fingerprint density at radius 1 is 1.33 bits per heavy atom. The van der Waals surface area contributed by atoms with Crippen LogP contribution in [0.4, 0.5) is 5.82 Å². The quantitative estimate of drug-likeness (QED) is 0.812. The molecular weight excluding hydrogens is 401 g/mol. The highest BCUT2D eigenvalue weighted by Gasteiger charge is 2.13. The molecule has 0 bridgehead atoms. The Balaban J connectivity index is 2.20. The summed E-state index contributed by atoms with van der Waals surface area (Å²) in [6.45, 7) is 2.01. The van der Waals surface area contributed by atoms with E-state index < -0.39 is 10.0 Å². The summed E-state index contributed by atoms with van der Waals surface area (Å²) in [7, 11) is -3.36. The molecule has 1 heterocycles. The van der Waals surface area contributed by atoms with Gasteiger partial charge in [-0.15, -0.1) is 0 Å². The Morgan fingerprint density at radius 3 is 2.67 bits per heavy atom. The number of nitrogens with one attached hydrogen (secondary N) is 1. The lowest BCUT2D eigenvalue weighted by atomic mass is 10.2. The predicted molar refractivity (Wildman–Crippen MR) is 88.6 cm³/mol. The Labute approximate surface area is 141 Å². The second-order valence-electron chi connectivity index (χ2n) is 4.28. The number of nitrogens with zero attached hydrogens (tertiary/aromatic N) is 2. The lowest BCUT2D eigenvalue weighted by Gasteiger charge is -2.04. The first-order chi connectivity index (χ1) is 9.80. The lowest BCUT2D eigenvalue weighted by molar-refractivity contribution is 0.601. The van der Waals surface area contributed by atoms with E-state index in [9.17, 15) is 8.42 Å². The third-order valence-electron chi connectivity index (χ3n) is 2.68. The second-order valence-corrected chi connectivity index (χ2v) is 7.96. The Kier molecular flexibility index (Phi) is 5.19. The van der Waals surface area contributed by atoms with E-state index in [1.807, 2.05) is 6.07 Å². The standard InChI is InChI=1S/C12H12BrCl2N3O2S/c1-2-21(19,20)17-12-9(13)7-18(16-12)6-8-3-4-10(14)11(15)5-8/h3-5,7H,2,6H2,1H3,(H,16,17). The van der Waals surface area contributed by atoms with E-state index >= 15 is 0 Å². The zero-order valence-corrected chi connectivity index (χ0v) is 14.9. The molecule has 0 fully saturated rings. The summed E-state index contributed by atoms with van der Waals surface area (Å²) < 4.78 is 27.7. The summed E-state index contributed by atoms with van der Waals surface area (Å²) in [6, 6.07) is 5.29. The van der Waals surface area contributed by atoms with Crippen molar-refractivity contribution in [3.05, 3.63) is 44.5 Å². The van der Waals surface area contributed by atoms with Crippen molar-refractivity contribution in [1.29, 1.82) is 0 Å². The SMILES string of the molecule is CCS(=O)(=O)Nc1nn(Cc2ccc(Cl)c(Cl)c2)cc1Br. The minimum absolute atomic E-state index is 0.0148. The smallest absolute Gasteiger partial charge is 0.233 e. The average molecular weight is 413 g/mol. The average Bonchev–Trinajstić information content (AvgIpc) is 2.73. The molecule has 2 rings (SSSR count). The van der Waals surface area contributed by atoms with Crippen LogP contribution >= 0.6 is 39.1 Å². The zero-order valence-electron chi connectivity index (χ0n) is 11.0. The highest BCUT2D eigenvalue weighted by molar-refractivity contribution is 9.10. The van der Waals surface area contributed by atoms with Crippen molar-refractivity contribution in [2.24, 2.45) is 0 Å². The lowest BCUT2D eigenvalue weighted by Crippen LogP contribution is -2.15. The van der Waals surface area contributed by atoms with Crippen LogP contribution in [0, 0.1) is 0 Å². The monoisotopic (exact) mass is 411 g/mol. The number of hydrogen-bond donors (Lipinski definition) is 1. The molecule has 9 heteroatoms. The van der Waals surface area contributed by atoms with Crippen LogP contribution in [0.5, 0.6) is 0 Å². The van der Waals surface area contributed by atoms with Crippen LogP contribution in [0.15, 0.2) is 28.9 Å². The summed E-state index contributed by atoms with van der Waals surface area (Å²) in [6.07, 6.45) is 1.69. The van der Waals surface area contributed by atoms with Gasteiger partial charge in [0.15, 0.2) is 5.82 Å². The van der Waals surface area contributed by atoms with Crippen molar-refractivity contribution in [3.8, 4) is 0 Å². The number of aromatic nitrogens is 2. The van der Waals surface area contributed by atoms with E-state index in [0.717, 1.165) is 5.56 Å². The van der Waals surface area contributed by atoms with Crippen LogP contribution in [-0.4, -0.2) is 24.0 Å². The molecule has 1 aromatic carbocycles. The Morgan fingerprint density at radius 2 is 2.05 bits per heavy atom. The molecule has 0 aliphatic carbocycles. The first-order valence-electron chi connectivity index (χ1n) is 5.98. The van der Waals surface area contributed by atoms with Gasteiger partial charge in [-0.05, 0) is 40.5 Å². The van der Waals surface area contributed by atoms with Crippen molar-refractivity contribution in [2.75, 3.05) is 10.5 Å². The Bertz CT molecular complexity index is 762. The third kappa shape index (κ3) is 4.35. The maximum absolute atomic E-state index is 11.6. The number of anilines is 1. The summed E-state index contributed by atoms with van der Waals surface area (Å²) in [5.74, 6) is 0.246. The molecule has 0 radical (unpaired) electrons. The highest BCUT2D eigenvalue weighted by atomic mass is 79.9. The molecule has 0 saturated carbocycles. The van der Waals surface area contributed by atoms with Crippen LogP contribution in [0.3, 0.4) is 0 Å². The van der Waals surface area contributed by atoms with Gasteiger partial charge in [0.05, 0.1) is 26.8 Å². The van der Waals surface area contributed by atoms with E-state index in [1.165, 1.54) is 0 Å². The van der Waals surface area contributed by atoms with Crippen LogP contribution in [0.1, 0.15) is 12.5 Å². The molecule has 21 heavy (non-hydrogen) atoms. The number of halogens is 3. The molecule has 0 atom stereocenters. The third-order valence-corrected chi connectivity index (χ3v) is 5.26. The van der Waals surface area contributed by atoms with Gasteiger partial charge in [-0.3, -0.25) is 9.40 Å². The molecule has 0 aliphatic heterocycles. The molecule has 0 unspecified atom stereocenters. The van der Waals surface area contributed by atoms with Gasteiger partial charge in [0.2, 0.25) is 10.0 Å². The molecule has 114 valence electrons. The van der Waals surface area contributed by atoms with Gasteiger partial charge in [0.25, 0.3) is 0 Å². The molecule has 1 N–H and O–H groups in total. The van der Waals surface area contributed by atoms with Crippen LogP contribution in [0.25, 0.3) is 0 Å². The number of rotatable bonds is 5. The van der Waals surface area contributed by atoms with Gasteiger partial charge >= 0.3 is 0 Å². The van der Waals surface area contributed by atoms with Gasteiger partial charge in [-0.25, -0.2) is 8.42 Å². The van der Waals surface area contributed by atoms with Crippen molar-refractivity contribution < 1.29 is 8.42 Å². The van der Waals surface area contributed by atoms with Crippen LogP contribution < -0.4 is 4.72 Å². The fourth-order valence-electron chi connectivity index (χ4n) is 1.59. The van der Waals surface area contributed by atoms with E-state index in [0.29, 0.717) is 21.1 Å². The molecule has 1 aromatic heterocycles. The van der Waals surface area contributed by atoms with Crippen LogP contribution in [0.2, 0.25) is 10.0 Å². The fourth-order valence-corrected chi connectivity index (χ4v) is 3.05. The highest BCUT2D eigenvalue weighted by Crippen LogP contribution is 2.25. The molecule has 5 nitrogen and oxygen atoms in total. The van der Waals surface area contributed by atoms with Crippen molar-refractivity contribution in [3.63, 3.8) is 0 Å². The topological polar surface area (TPSA) is 64.0 Å². The molecule has 0 aliphatic rings. The minimum atomic E-state index is -3.36. The number of benzene rings is 1. The first-order valence-corrected chi connectivity index (χ1v) is 9.18. The predicted octanol–water partition coefficient (Wildman–Crippen LogP) is 3.76. The van der Waals surface area contributed by atoms with Gasteiger partial charge in [0, 0.05) is 6.20 Å². The van der Waals surface area contributed by atoms with E-state index in [-0.39, 0.29) is 11.6 Å². The Hall–Kier alpha value is -0.760. The summed E-state index contributed by atoms with van der Waals surface area (Å²) in [5, 5.41) is 5.14. The van der Waals surface area contributed by atoms with Crippen molar-refractivity contribution in [2.45, 2.75) is 13.5 Å². The minimum Gasteiger partial charge on any atom is -0.265 e. The van der Waals surface area contributed by atoms with E-state index in [1.54, 1.807) is 29.9 Å². The molecule has 0 amide bonds. The summed E-state index contributed by atoms with van der Waals surface area (Å²) in [5.41, 5.74) is 0.907. The second kappa shape index (κ2) is 6.56. The summed E-state index contributed by atoms with van der Waals surface area (Å²) >= 11 is 15.1. The van der Waals surface area contributed by atoms with Gasteiger partial charge in [-0.1, -0.05) is 29.3 Å². The maximum atomic E-state index is 11.6.